The summed E-state index contributed by atoms with van der Waals surface area (Å²) in [5, 5.41) is 9.99. The second kappa shape index (κ2) is 4.92. The molecular formula is C10H12N4O2S2. The third-order valence-corrected chi connectivity index (χ3v) is 3.92. The molecule has 1 heterocycles. The molecule has 0 bridgehead atoms. The average Bonchev–Trinajstić information content (AvgIpc) is 2.79. The van der Waals surface area contributed by atoms with E-state index in [1.165, 1.54) is 17.4 Å². The van der Waals surface area contributed by atoms with Crippen LogP contribution in [0.3, 0.4) is 0 Å². The summed E-state index contributed by atoms with van der Waals surface area (Å²) in [5.74, 6) is 0. The summed E-state index contributed by atoms with van der Waals surface area (Å²) < 4.78 is 22.6. The number of aromatic nitrogens is 1. The molecule has 1 aromatic carbocycles. The Kier molecular flexibility index (Phi) is 3.50. The van der Waals surface area contributed by atoms with E-state index in [1.807, 2.05) is 5.38 Å². The minimum absolute atomic E-state index is 0.0780. The van der Waals surface area contributed by atoms with Gasteiger partial charge in [-0.3, -0.25) is 0 Å². The van der Waals surface area contributed by atoms with Gasteiger partial charge in [-0.2, -0.15) is 0 Å². The van der Waals surface area contributed by atoms with Gasteiger partial charge in [-0.05, 0) is 12.1 Å². The summed E-state index contributed by atoms with van der Waals surface area (Å²) in [6.45, 7) is 0.474. The Labute approximate surface area is 109 Å². The summed E-state index contributed by atoms with van der Waals surface area (Å²) in [6.07, 6.45) is 0. The first kappa shape index (κ1) is 12.8. The topological polar surface area (TPSA) is 111 Å². The molecule has 2 aromatic rings. The minimum Gasteiger partial charge on any atom is -0.396 e. The van der Waals surface area contributed by atoms with E-state index in [9.17, 15) is 8.42 Å². The highest BCUT2D eigenvalue weighted by molar-refractivity contribution is 7.89. The zero-order valence-corrected chi connectivity index (χ0v) is 11.0. The smallest absolute Gasteiger partial charge is 0.240 e. The van der Waals surface area contributed by atoms with Gasteiger partial charge in [0.2, 0.25) is 10.0 Å². The number of hydrogen-bond acceptors (Lipinski definition) is 6. The van der Waals surface area contributed by atoms with Crippen molar-refractivity contribution in [3.63, 3.8) is 0 Å². The van der Waals surface area contributed by atoms with E-state index < -0.39 is 10.0 Å². The molecule has 8 heteroatoms. The van der Waals surface area contributed by atoms with Gasteiger partial charge in [0.1, 0.15) is 4.90 Å². The lowest BCUT2D eigenvalue weighted by atomic mass is 10.2. The molecule has 0 saturated heterocycles. The van der Waals surface area contributed by atoms with Crippen molar-refractivity contribution in [3.05, 3.63) is 34.8 Å². The SMILES string of the molecule is Nc1c(NCc2cscn2)cccc1S(N)(=O)=O. The van der Waals surface area contributed by atoms with E-state index in [-0.39, 0.29) is 10.6 Å². The fourth-order valence-electron chi connectivity index (χ4n) is 1.46. The Hall–Kier alpha value is -1.64. The second-order valence-electron chi connectivity index (χ2n) is 3.60. The van der Waals surface area contributed by atoms with Gasteiger partial charge in [0.15, 0.2) is 0 Å². The number of anilines is 2. The van der Waals surface area contributed by atoms with Gasteiger partial charge in [0.25, 0.3) is 0 Å². The van der Waals surface area contributed by atoms with Crippen LogP contribution in [-0.2, 0) is 16.6 Å². The number of nitrogens with zero attached hydrogens (tertiary/aromatic N) is 1. The van der Waals surface area contributed by atoms with E-state index in [4.69, 9.17) is 10.9 Å². The number of hydrogen-bond donors (Lipinski definition) is 3. The monoisotopic (exact) mass is 284 g/mol. The quantitative estimate of drug-likeness (QED) is 0.725. The molecule has 0 spiro atoms. The normalized spacial score (nSPS) is 11.4. The number of sulfonamides is 1. The zero-order chi connectivity index (χ0) is 13.2. The molecule has 0 amide bonds. The van der Waals surface area contributed by atoms with E-state index in [1.54, 1.807) is 17.6 Å². The Morgan fingerprint density at radius 3 is 2.78 bits per heavy atom. The summed E-state index contributed by atoms with van der Waals surface area (Å²) in [4.78, 5) is 4.03. The summed E-state index contributed by atoms with van der Waals surface area (Å²) in [7, 11) is -3.81. The minimum atomic E-state index is -3.81. The van der Waals surface area contributed by atoms with Crippen LogP contribution in [0.4, 0.5) is 11.4 Å². The Bertz CT molecular complexity index is 638. The van der Waals surface area contributed by atoms with Crippen molar-refractivity contribution < 1.29 is 8.42 Å². The van der Waals surface area contributed by atoms with Crippen LogP contribution in [0.25, 0.3) is 0 Å². The zero-order valence-electron chi connectivity index (χ0n) is 9.33. The molecule has 6 nitrogen and oxygen atoms in total. The molecule has 0 aliphatic rings. The lowest BCUT2D eigenvalue weighted by Gasteiger charge is -2.10. The van der Waals surface area contributed by atoms with Gasteiger partial charge in [-0.15, -0.1) is 11.3 Å². The molecule has 0 radical (unpaired) electrons. The molecule has 2 rings (SSSR count). The van der Waals surface area contributed by atoms with Crippen molar-refractivity contribution in [3.8, 4) is 0 Å². The van der Waals surface area contributed by atoms with Crippen molar-refractivity contribution in [1.29, 1.82) is 0 Å². The van der Waals surface area contributed by atoms with E-state index in [2.05, 4.69) is 10.3 Å². The number of nitrogens with one attached hydrogen (secondary N) is 1. The van der Waals surface area contributed by atoms with Crippen LogP contribution in [0.2, 0.25) is 0 Å². The van der Waals surface area contributed by atoms with E-state index >= 15 is 0 Å². The molecule has 0 unspecified atom stereocenters. The maximum atomic E-state index is 11.3. The first-order chi connectivity index (χ1) is 8.48. The molecule has 5 N–H and O–H groups in total. The highest BCUT2D eigenvalue weighted by atomic mass is 32.2. The van der Waals surface area contributed by atoms with E-state index in [0.29, 0.717) is 12.2 Å². The maximum absolute atomic E-state index is 11.3. The first-order valence-electron chi connectivity index (χ1n) is 5.00. The molecule has 0 saturated carbocycles. The molecule has 1 aromatic heterocycles. The molecule has 96 valence electrons. The van der Waals surface area contributed by atoms with Crippen LogP contribution in [0.15, 0.2) is 34.0 Å². The highest BCUT2D eigenvalue weighted by Gasteiger charge is 2.14. The van der Waals surface area contributed by atoms with Crippen molar-refractivity contribution in [1.82, 2.24) is 4.98 Å². The van der Waals surface area contributed by atoms with Crippen LogP contribution in [0.1, 0.15) is 5.69 Å². The number of nitrogens with two attached hydrogens (primary N) is 2. The lowest BCUT2D eigenvalue weighted by molar-refractivity contribution is 0.598. The Morgan fingerprint density at radius 2 is 2.17 bits per heavy atom. The van der Waals surface area contributed by atoms with Gasteiger partial charge in [0.05, 0.1) is 29.1 Å². The number of primary sulfonamides is 1. The fraction of sp³-hybridized carbons (Fsp3) is 0.100. The summed E-state index contributed by atoms with van der Waals surface area (Å²) >= 11 is 1.49. The fourth-order valence-corrected chi connectivity index (χ4v) is 2.70. The number of thiazole rings is 1. The largest absolute Gasteiger partial charge is 0.396 e. The molecular weight excluding hydrogens is 272 g/mol. The van der Waals surface area contributed by atoms with Gasteiger partial charge in [-0.25, -0.2) is 18.5 Å². The average molecular weight is 284 g/mol. The van der Waals surface area contributed by atoms with Gasteiger partial charge in [0, 0.05) is 5.38 Å². The maximum Gasteiger partial charge on any atom is 0.240 e. The number of benzene rings is 1. The number of rotatable bonds is 4. The van der Waals surface area contributed by atoms with Crippen LogP contribution >= 0.6 is 11.3 Å². The van der Waals surface area contributed by atoms with Crippen molar-refractivity contribution >= 4 is 32.7 Å². The Morgan fingerprint density at radius 1 is 1.39 bits per heavy atom. The van der Waals surface area contributed by atoms with Gasteiger partial charge in [-0.1, -0.05) is 6.07 Å². The van der Waals surface area contributed by atoms with Crippen LogP contribution < -0.4 is 16.2 Å². The Balaban J connectivity index is 2.24. The standard InChI is InChI=1S/C10H12N4O2S2/c11-10-8(13-4-7-5-17-6-14-7)2-1-3-9(10)18(12,15)16/h1-3,5-6,13H,4,11H2,(H2,12,15,16). The number of nitrogen functional groups attached to an aromatic ring is 1. The molecule has 0 fully saturated rings. The summed E-state index contributed by atoms with van der Waals surface area (Å²) in [5.41, 5.74) is 9.00. The molecule has 18 heavy (non-hydrogen) atoms. The predicted octanol–water partition coefficient (Wildman–Crippen LogP) is 0.985. The third-order valence-electron chi connectivity index (χ3n) is 2.32. The second-order valence-corrected chi connectivity index (χ2v) is 5.84. The van der Waals surface area contributed by atoms with Crippen molar-refractivity contribution in [2.45, 2.75) is 11.4 Å². The van der Waals surface area contributed by atoms with E-state index in [0.717, 1.165) is 5.69 Å². The predicted molar refractivity (Wildman–Crippen MR) is 71.7 cm³/mol. The van der Waals surface area contributed by atoms with Crippen molar-refractivity contribution in [2.24, 2.45) is 5.14 Å². The van der Waals surface area contributed by atoms with Crippen LogP contribution in [0, 0.1) is 0 Å². The van der Waals surface area contributed by atoms with Crippen molar-refractivity contribution in [2.75, 3.05) is 11.1 Å². The third kappa shape index (κ3) is 2.78. The highest BCUT2D eigenvalue weighted by Crippen LogP contribution is 2.26. The van der Waals surface area contributed by atoms with Gasteiger partial charge >= 0.3 is 0 Å². The molecule has 0 aliphatic carbocycles. The first-order valence-corrected chi connectivity index (χ1v) is 7.49. The lowest BCUT2D eigenvalue weighted by Crippen LogP contribution is -2.15. The molecule has 0 atom stereocenters. The van der Waals surface area contributed by atoms with Gasteiger partial charge < -0.3 is 11.1 Å². The number of para-hydroxylation sites is 1. The van der Waals surface area contributed by atoms with Crippen LogP contribution in [-0.4, -0.2) is 13.4 Å². The molecule has 0 aliphatic heterocycles. The van der Waals surface area contributed by atoms with Crippen LogP contribution in [0.5, 0.6) is 0 Å². The summed E-state index contributed by atoms with van der Waals surface area (Å²) in [6, 6.07) is 4.65.